The molecule has 0 aliphatic carbocycles. The van der Waals surface area contributed by atoms with E-state index in [9.17, 15) is 0 Å². The molecule has 146 valence electrons. The quantitative estimate of drug-likeness (QED) is 0.623. The molecular weight excluding hydrogens is 410 g/mol. The van der Waals surface area contributed by atoms with Crippen LogP contribution in [0.4, 0.5) is 0 Å². The highest BCUT2D eigenvalue weighted by atomic mass is 79.9. The maximum absolute atomic E-state index is 5.62. The molecule has 1 atom stereocenters. The molecule has 1 aliphatic rings. The van der Waals surface area contributed by atoms with E-state index in [1.807, 2.05) is 24.3 Å². The lowest BCUT2D eigenvalue weighted by Gasteiger charge is -2.27. The number of ether oxygens (including phenoxy) is 4. The van der Waals surface area contributed by atoms with Gasteiger partial charge in [-0.05, 0) is 55.3 Å². The minimum absolute atomic E-state index is 0.287. The summed E-state index contributed by atoms with van der Waals surface area (Å²) in [5, 5.41) is 0. The number of halogens is 1. The molecule has 0 unspecified atom stereocenters. The molecule has 0 bridgehead atoms. The van der Waals surface area contributed by atoms with Crippen molar-refractivity contribution in [2.45, 2.75) is 25.4 Å². The lowest BCUT2D eigenvalue weighted by Crippen LogP contribution is -2.23. The van der Waals surface area contributed by atoms with E-state index in [1.165, 1.54) is 11.1 Å². The lowest BCUT2D eigenvalue weighted by molar-refractivity contribution is 0.241. The molecule has 2 aromatic rings. The van der Waals surface area contributed by atoms with Crippen LogP contribution >= 0.6 is 15.9 Å². The van der Waals surface area contributed by atoms with Gasteiger partial charge in [0.25, 0.3) is 0 Å². The second-order valence-electron chi connectivity index (χ2n) is 6.53. The molecule has 0 amide bonds. The average molecular weight is 436 g/mol. The molecule has 3 rings (SSSR count). The van der Waals surface area contributed by atoms with Crippen LogP contribution in [-0.4, -0.2) is 39.9 Å². The summed E-state index contributed by atoms with van der Waals surface area (Å²) < 4.78 is 22.9. The first-order chi connectivity index (χ1) is 13.1. The van der Waals surface area contributed by atoms with Crippen molar-refractivity contribution in [3.63, 3.8) is 0 Å². The lowest BCUT2D eigenvalue weighted by atomic mass is 10.0. The molecule has 2 aromatic carbocycles. The summed E-state index contributed by atoms with van der Waals surface area (Å²) in [5.41, 5.74) is 2.34. The van der Waals surface area contributed by atoms with E-state index in [-0.39, 0.29) is 6.04 Å². The predicted octanol–water partition coefficient (Wildman–Crippen LogP) is 4.82. The molecular formula is C21H26BrNO4. The number of hydrogen-bond acceptors (Lipinski definition) is 5. The van der Waals surface area contributed by atoms with Crippen molar-refractivity contribution in [1.82, 2.24) is 4.90 Å². The Morgan fingerprint density at radius 1 is 0.926 bits per heavy atom. The molecule has 0 aromatic heterocycles. The van der Waals surface area contributed by atoms with Gasteiger partial charge in [-0.3, -0.25) is 4.90 Å². The van der Waals surface area contributed by atoms with Gasteiger partial charge in [0.1, 0.15) is 11.5 Å². The molecule has 27 heavy (non-hydrogen) atoms. The molecule has 1 aliphatic heterocycles. The monoisotopic (exact) mass is 435 g/mol. The third-order valence-corrected chi connectivity index (χ3v) is 5.82. The number of likely N-dealkylation sites (tertiary alicyclic amines) is 1. The van der Waals surface area contributed by atoms with Gasteiger partial charge in [0, 0.05) is 22.6 Å². The second-order valence-corrected chi connectivity index (χ2v) is 7.39. The molecule has 5 nitrogen and oxygen atoms in total. The van der Waals surface area contributed by atoms with Gasteiger partial charge >= 0.3 is 0 Å². The maximum atomic E-state index is 5.62. The maximum Gasteiger partial charge on any atom is 0.161 e. The van der Waals surface area contributed by atoms with Crippen LogP contribution in [0.15, 0.2) is 34.8 Å². The van der Waals surface area contributed by atoms with Crippen LogP contribution < -0.4 is 18.9 Å². The summed E-state index contributed by atoms with van der Waals surface area (Å²) in [4.78, 5) is 2.48. The standard InChI is InChI=1S/C21H26BrNO4/c1-24-15-7-8-19(25-2)16(11-15)18-6-5-9-23(18)13-14-10-20(26-3)21(27-4)12-17(14)22/h7-8,10-12,18H,5-6,9,13H2,1-4H3/t18-/m0/s1. The van der Waals surface area contributed by atoms with Gasteiger partial charge in [-0.25, -0.2) is 0 Å². The van der Waals surface area contributed by atoms with Gasteiger partial charge in [-0.15, -0.1) is 0 Å². The fourth-order valence-electron chi connectivity index (χ4n) is 3.70. The zero-order valence-electron chi connectivity index (χ0n) is 16.3. The highest BCUT2D eigenvalue weighted by Crippen LogP contribution is 2.41. The minimum Gasteiger partial charge on any atom is -0.497 e. The fraction of sp³-hybridized carbons (Fsp3) is 0.429. The van der Waals surface area contributed by atoms with Gasteiger partial charge in [0.15, 0.2) is 11.5 Å². The SMILES string of the molecule is COc1ccc(OC)c([C@@H]2CCCN2Cc2cc(OC)c(OC)cc2Br)c1. The van der Waals surface area contributed by atoms with E-state index in [1.54, 1.807) is 28.4 Å². The molecule has 1 fully saturated rings. The Bertz CT molecular complexity index is 796. The van der Waals surface area contributed by atoms with Crippen molar-refractivity contribution >= 4 is 15.9 Å². The topological polar surface area (TPSA) is 40.2 Å². The molecule has 0 N–H and O–H groups in total. The third kappa shape index (κ3) is 4.17. The first-order valence-corrected chi connectivity index (χ1v) is 9.77. The normalized spacial score (nSPS) is 17.0. The number of nitrogens with zero attached hydrogens (tertiary/aromatic N) is 1. The summed E-state index contributed by atoms with van der Waals surface area (Å²) in [6.45, 7) is 1.85. The highest BCUT2D eigenvalue weighted by molar-refractivity contribution is 9.10. The number of rotatable bonds is 7. The van der Waals surface area contributed by atoms with Crippen molar-refractivity contribution in [3.05, 3.63) is 45.9 Å². The van der Waals surface area contributed by atoms with E-state index < -0.39 is 0 Å². The van der Waals surface area contributed by atoms with Crippen LogP contribution in [0.1, 0.15) is 30.0 Å². The van der Waals surface area contributed by atoms with Crippen LogP contribution in [-0.2, 0) is 6.54 Å². The van der Waals surface area contributed by atoms with Crippen LogP contribution in [0.5, 0.6) is 23.0 Å². The summed E-state index contributed by atoms with van der Waals surface area (Å²) in [7, 11) is 6.72. The zero-order valence-corrected chi connectivity index (χ0v) is 17.8. The Balaban J connectivity index is 1.90. The van der Waals surface area contributed by atoms with E-state index in [0.717, 1.165) is 53.4 Å². The van der Waals surface area contributed by atoms with Crippen molar-refractivity contribution in [1.29, 1.82) is 0 Å². The Hall–Kier alpha value is -1.92. The predicted molar refractivity (Wildman–Crippen MR) is 109 cm³/mol. The van der Waals surface area contributed by atoms with E-state index in [2.05, 4.69) is 26.9 Å². The van der Waals surface area contributed by atoms with E-state index in [0.29, 0.717) is 0 Å². The van der Waals surface area contributed by atoms with Gasteiger partial charge < -0.3 is 18.9 Å². The average Bonchev–Trinajstić information content (AvgIpc) is 3.16. The van der Waals surface area contributed by atoms with E-state index in [4.69, 9.17) is 18.9 Å². The van der Waals surface area contributed by atoms with E-state index >= 15 is 0 Å². The summed E-state index contributed by atoms with van der Waals surface area (Å²) in [5.74, 6) is 3.22. The van der Waals surface area contributed by atoms with Gasteiger partial charge in [0.2, 0.25) is 0 Å². The molecule has 0 spiro atoms. The number of methoxy groups -OCH3 is 4. The molecule has 1 saturated heterocycles. The Morgan fingerprint density at radius 3 is 2.30 bits per heavy atom. The first kappa shape index (κ1) is 19.8. The molecule has 1 heterocycles. The molecule has 6 heteroatoms. The van der Waals surface area contributed by atoms with Gasteiger partial charge in [0.05, 0.1) is 28.4 Å². The summed E-state index contributed by atoms with van der Waals surface area (Å²) >= 11 is 3.68. The largest absolute Gasteiger partial charge is 0.497 e. The van der Waals surface area contributed by atoms with Crippen molar-refractivity contribution in [2.75, 3.05) is 35.0 Å². The van der Waals surface area contributed by atoms with Gasteiger partial charge in [-0.1, -0.05) is 15.9 Å². The number of hydrogen-bond donors (Lipinski definition) is 0. The highest BCUT2D eigenvalue weighted by Gasteiger charge is 2.29. The van der Waals surface area contributed by atoms with Crippen molar-refractivity contribution < 1.29 is 18.9 Å². The van der Waals surface area contributed by atoms with Gasteiger partial charge in [-0.2, -0.15) is 0 Å². The smallest absolute Gasteiger partial charge is 0.161 e. The number of benzene rings is 2. The minimum atomic E-state index is 0.287. The Morgan fingerprint density at radius 2 is 1.63 bits per heavy atom. The molecule has 0 radical (unpaired) electrons. The Kier molecular flexibility index (Phi) is 6.50. The summed E-state index contributed by atoms with van der Waals surface area (Å²) in [6, 6.07) is 10.3. The van der Waals surface area contributed by atoms with Crippen LogP contribution in [0.25, 0.3) is 0 Å². The van der Waals surface area contributed by atoms with Crippen LogP contribution in [0.3, 0.4) is 0 Å². The fourth-order valence-corrected chi connectivity index (χ4v) is 4.15. The third-order valence-electron chi connectivity index (χ3n) is 5.09. The van der Waals surface area contributed by atoms with Crippen molar-refractivity contribution in [2.24, 2.45) is 0 Å². The van der Waals surface area contributed by atoms with Crippen molar-refractivity contribution in [3.8, 4) is 23.0 Å². The summed E-state index contributed by atoms with van der Waals surface area (Å²) in [6.07, 6.45) is 2.24. The zero-order chi connectivity index (χ0) is 19.4. The van der Waals surface area contributed by atoms with Crippen LogP contribution in [0, 0.1) is 0 Å². The Labute approximate surface area is 169 Å². The second kappa shape index (κ2) is 8.85. The van der Waals surface area contributed by atoms with Crippen LogP contribution in [0.2, 0.25) is 0 Å². The molecule has 0 saturated carbocycles. The first-order valence-electron chi connectivity index (χ1n) is 8.97.